The number of aryl methyl sites for hydroxylation is 1. The maximum absolute atomic E-state index is 14.2. The Hall–Kier alpha value is -3.03. The summed E-state index contributed by atoms with van der Waals surface area (Å²) in [6, 6.07) is 11.5. The van der Waals surface area contributed by atoms with E-state index in [4.69, 9.17) is 10.00 Å². The van der Waals surface area contributed by atoms with Crippen molar-refractivity contribution in [1.82, 2.24) is 15.2 Å². The van der Waals surface area contributed by atoms with Crippen LogP contribution in [-0.2, 0) is 21.5 Å². The van der Waals surface area contributed by atoms with E-state index in [-0.39, 0.29) is 24.9 Å². The summed E-state index contributed by atoms with van der Waals surface area (Å²) >= 11 is 0. The van der Waals surface area contributed by atoms with Gasteiger partial charge in [-0.1, -0.05) is 12.1 Å². The molecule has 1 atom stereocenters. The average Bonchev–Trinajstić information content (AvgIpc) is 3.26. The lowest BCUT2D eigenvalue weighted by molar-refractivity contribution is -0.267. The number of rotatable bonds is 7. The Kier molecular flexibility index (Phi) is 6.84. The number of carbonyl (C=O) groups is 1. The van der Waals surface area contributed by atoms with Gasteiger partial charge in [0.15, 0.2) is 5.54 Å². The molecule has 1 amide bonds. The predicted molar refractivity (Wildman–Crippen MR) is 123 cm³/mol. The molecule has 0 spiro atoms. The zero-order chi connectivity index (χ0) is 26.2. The van der Waals surface area contributed by atoms with Gasteiger partial charge >= 0.3 is 6.18 Å². The van der Waals surface area contributed by atoms with E-state index in [9.17, 15) is 22.4 Å². The van der Waals surface area contributed by atoms with Gasteiger partial charge in [0.25, 0.3) is 0 Å². The lowest BCUT2D eigenvalue weighted by Crippen LogP contribution is -2.72. The van der Waals surface area contributed by atoms with Gasteiger partial charge in [0, 0.05) is 19.3 Å². The van der Waals surface area contributed by atoms with Gasteiger partial charge in [-0.3, -0.25) is 14.7 Å². The van der Waals surface area contributed by atoms with Crippen molar-refractivity contribution in [2.24, 2.45) is 5.41 Å². The number of hydrogen-bond acceptors (Lipinski definition) is 5. The van der Waals surface area contributed by atoms with Crippen molar-refractivity contribution in [2.75, 3.05) is 26.3 Å². The molecule has 4 rings (SSSR count). The molecule has 0 bridgehead atoms. The number of hydrogen-bond donors (Lipinski definition) is 1. The largest absolute Gasteiger partial charge is 0.416 e. The van der Waals surface area contributed by atoms with Crippen molar-refractivity contribution in [3.05, 3.63) is 65.2 Å². The molecule has 0 aliphatic carbocycles. The monoisotopic (exact) mass is 504 g/mol. The smallest absolute Gasteiger partial charge is 0.376 e. The van der Waals surface area contributed by atoms with Crippen LogP contribution in [-0.4, -0.2) is 53.8 Å². The van der Waals surface area contributed by atoms with Crippen LogP contribution in [0.2, 0.25) is 0 Å². The Balaban J connectivity index is 1.61. The Morgan fingerprint density at radius 1 is 1.25 bits per heavy atom. The molecule has 1 N–H and O–H groups in total. The van der Waals surface area contributed by atoms with Crippen LogP contribution in [0.1, 0.15) is 43.5 Å². The molecule has 10 heteroatoms. The minimum atomic E-state index is -4.65. The third kappa shape index (κ3) is 4.70. The molecule has 36 heavy (non-hydrogen) atoms. The molecule has 1 aromatic carbocycles. The molecule has 2 aliphatic heterocycles. The second-order valence-electron chi connectivity index (χ2n) is 10.2. The van der Waals surface area contributed by atoms with Crippen LogP contribution in [0.25, 0.3) is 0 Å². The maximum atomic E-state index is 14.2. The first-order chi connectivity index (χ1) is 16.9. The molecule has 3 heterocycles. The zero-order valence-electron chi connectivity index (χ0n) is 20.2. The minimum Gasteiger partial charge on any atom is -0.376 e. The third-order valence-corrected chi connectivity index (χ3v) is 7.56. The molecule has 0 saturated carbocycles. The van der Waals surface area contributed by atoms with Crippen LogP contribution < -0.4 is 5.32 Å². The maximum Gasteiger partial charge on any atom is 0.416 e. The Morgan fingerprint density at radius 2 is 2.00 bits per heavy atom. The van der Waals surface area contributed by atoms with E-state index in [1.807, 2.05) is 26.0 Å². The van der Waals surface area contributed by atoms with E-state index in [1.54, 1.807) is 24.4 Å². The molecule has 1 aromatic heterocycles. The molecular weight excluding hydrogens is 476 g/mol. The summed E-state index contributed by atoms with van der Waals surface area (Å²) in [6.07, 6.45) is -2.15. The normalized spacial score (nSPS) is 22.0. The lowest BCUT2D eigenvalue weighted by atomic mass is 9.78. The van der Waals surface area contributed by atoms with E-state index in [1.165, 1.54) is 12.1 Å². The van der Waals surface area contributed by atoms with E-state index in [0.717, 1.165) is 5.69 Å². The van der Waals surface area contributed by atoms with Crippen LogP contribution >= 0.6 is 0 Å². The number of nitrogens with zero attached hydrogens (tertiary/aromatic N) is 3. The number of aromatic nitrogens is 1. The number of alkyl halides is 3. The summed E-state index contributed by atoms with van der Waals surface area (Å²) in [5.41, 5.74) is -2.84. The number of ether oxygens (including phenoxy) is 1. The highest BCUT2D eigenvalue weighted by Crippen LogP contribution is 2.43. The number of pyridine rings is 1. The fourth-order valence-electron chi connectivity index (χ4n) is 4.89. The quantitative estimate of drug-likeness (QED) is 0.575. The molecule has 0 radical (unpaired) electrons. The highest BCUT2D eigenvalue weighted by Gasteiger charge is 2.63. The van der Waals surface area contributed by atoms with Gasteiger partial charge in [0.2, 0.25) is 5.91 Å². The number of amides is 1. The molecule has 2 fully saturated rings. The Morgan fingerprint density at radius 3 is 2.56 bits per heavy atom. The fourth-order valence-corrected chi connectivity index (χ4v) is 4.89. The number of nitrogens with one attached hydrogen (secondary N) is 1. The Labute approximate surface area is 207 Å². The van der Waals surface area contributed by atoms with E-state index in [2.05, 4.69) is 15.2 Å². The number of benzene rings is 1. The van der Waals surface area contributed by atoms with Crippen LogP contribution in [0.3, 0.4) is 0 Å². The second kappa shape index (κ2) is 9.45. The second-order valence-corrected chi connectivity index (χ2v) is 10.2. The topological polar surface area (TPSA) is 78.2 Å². The first-order valence-corrected chi connectivity index (χ1v) is 11.7. The van der Waals surface area contributed by atoms with Crippen molar-refractivity contribution in [2.45, 2.75) is 50.4 Å². The molecule has 0 unspecified atom stereocenters. The SMILES string of the molecule is CC(C)(c1ccccn1)N1CC[C@@](CCc2ccc(C#N)c(F)c2)(C(=O)NC2(C(F)(F)F)COC2)C1. The summed E-state index contributed by atoms with van der Waals surface area (Å²) in [4.78, 5) is 20.1. The molecular formula is C26H28F4N4O2. The van der Waals surface area contributed by atoms with Gasteiger partial charge in [0.1, 0.15) is 11.9 Å². The first-order valence-electron chi connectivity index (χ1n) is 11.7. The van der Waals surface area contributed by atoms with Gasteiger partial charge in [0.05, 0.1) is 35.4 Å². The molecule has 2 aromatic rings. The van der Waals surface area contributed by atoms with Crippen molar-refractivity contribution in [3.8, 4) is 6.07 Å². The lowest BCUT2D eigenvalue weighted by Gasteiger charge is -2.45. The number of likely N-dealkylation sites (tertiary alicyclic amines) is 1. The summed E-state index contributed by atoms with van der Waals surface area (Å²) < 4.78 is 60.4. The Bertz CT molecular complexity index is 1160. The number of carbonyl (C=O) groups excluding carboxylic acids is 1. The van der Waals surface area contributed by atoms with Crippen molar-refractivity contribution in [1.29, 1.82) is 5.26 Å². The van der Waals surface area contributed by atoms with Gasteiger partial charge in [-0.15, -0.1) is 0 Å². The van der Waals surface area contributed by atoms with Gasteiger partial charge in [-0.05, 0) is 62.9 Å². The summed E-state index contributed by atoms with van der Waals surface area (Å²) in [7, 11) is 0. The summed E-state index contributed by atoms with van der Waals surface area (Å²) in [5.74, 6) is -1.35. The standard InChI is InChI=1S/C26H28F4N4O2/c1-23(2,21-5-3-4-11-32-21)34-12-10-24(15-34,9-8-18-6-7-19(14-31)20(27)13-18)22(35)33-25(16-36-17-25)26(28,29)30/h3-7,11,13H,8-10,12,15-17H2,1-2H3,(H,33,35)/t24-/m1/s1. The van der Waals surface area contributed by atoms with Crippen LogP contribution in [0.4, 0.5) is 17.6 Å². The summed E-state index contributed by atoms with van der Waals surface area (Å²) in [6.45, 7) is 3.39. The van der Waals surface area contributed by atoms with Crippen LogP contribution in [0.15, 0.2) is 42.6 Å². The van der Waals surface area contributed by atoms with E-state index >= 15 is 0 Å². The average molecular weight is 505 g/mol. The minimum absolute atomic E-state index is 0.0903. The van der Waals surface area contributed by atoms with E-state index < -0.39 is 47.6 Å². The van der Waals surface area contributed by atoms with Gasteiger partial charge in [-0.2, -0.15) is 18.4 Å². The number of halogens is 4. The molecule has 6 nitrogen and oxygen atoms in total. The highest BCUT2D eigenvalue weighted by atomic mass is 19.4. The molecule has 2 saturated heterocycles. The highest BCUT2D eigenvalue weighted by molar-refractivity contribution is 5.84. The molecule has 2 aliphatic rings. The van der Waals surface area contributed by atoms with Gasteiger partial charge < -0.3 is 10.1 Å². The van der Waals surface area contributed by atoms with Gasteiger partial charge in [-0.25, -0.2) is 4.39 Å². The van der Waals surface area contributed by atoms with Crippen molar-refractivity contribution >= 4 is 5.91 Å². The third-order valence-electron chi connectivity index (χ3n) is 7.56. The van der Waals surface area contributed by atoms with Crippen LogP contribution in [0.5, 0.6) is 0 Å². The van der Waals surface area contributed by atoms with Crippen molar-refractivity contribution in [3.63, 3.8) is 0 Å². The van der Waals surface area contributed by atoms with Crippen molar-refractivity contribution < 1.29 is 27.1 Å². The summed E-state index contributed by atoms with van der Waals surface area (Å²) in [5, 5.41) is 11.3. The van der Waals surface area contributed by atoms with Crippen LogP contribution in [0, 0.1) is 22.6 Å². The number of nitriles is 1. The zero-order valence-corrected chi connectivity index (χ0v) is 20.2. The predicted octanol–water partition coefficient (Wildman–Crippen LogP) is 4.10. The first kappa shape index (κ1) is 26.0. The van der Waals surface area contributed by atoms with E-state index in [0.29, 0.717) is 18.5 Å². The molecule has 192 valence electrons. The fraction of sp³-hybridized carbons (Fsp3) is 0.500.